The number of hydrogen-bond acceptors (Lipinski definition) is 1. The second kappa shape index (κ2) is 7.55. The van der Waals surface area contributed by atoms with E-state index in [9.17, 15) is 0 Å². The maximum atomic E-state index is 5.44. The molecule has 0 saturated heterocycles. The van der Waals surface area contributed by atoms with Crippen molar-refractivity contribution < 1.29 is 0 Å². The standard InChI is InChI=1S/C8H18BrN/c1-2-3-4-5-6-8(9)7-10/h8H,2-7,10H2,1H3. The molecule has 0 aliphatic carbocycles. The molecule has 0 aromatic rings. The van der Waals surface area contributed by atoms with E-state index in [0.717, 1.165) is 6.54 Å². The normalized spacial score (nSPS) is 13.5. The first-order valence-corrected chi connectivity index (χ1v) is 5.07. The van der Waals surface area contributed by atoms with Gasteiger partial charge in [0.2, 0.25) is 0 Å². The van der Waals surface area contributed by atoms with E-state index < -0.39 is 0 Å². The van der Waals surface area contributed by atoms with Crippen molar-refractivity contribution in [3.63, 3.8) is 0 Å². The van der Waals surface area contributed by atoms with Gasteiger partial charge in [-0.25, -0.2) is 0 Å². The lowest BCUT2D eigenvalue weighted by molar-refractivity contribution is 0.623. The number of hydrogen-bond donors (Lipinski definition) is 1. The second-order valence-corrected chi connectivity index (χ2v) is 3.98. The van der Waals surface area contributed by atoms with Gasteiger partial charge in [0, 0.05) is 11.4 Å². The van der Waals surface area contributed by atoms with Crippen molar-refractivity contribution in [1.29, 1.82) is 0 Å². The highest BCUT2D eigenvalue weighted by molar-refractivity contribution is 9.09. The zero-order chi connectivity index (χ0) is 7.82. The summed E-state index contributed by atoms with van der Waals surface area (Å²) in [7, 11) is 0. The van der Waals surface area contributed by atoms with Gasteiger partial charge < -0.3 is 5.73 Å². The minimum Gasteiger partial charge on any atom is -0.329 e. The average Bonchev–Trinajstić information content (AvgIpc) is 1.98. The lowest BCUT2D eigenvalue weighted by atomic mass is 10.1. The fourth-order valence-electron chi connectivity index (χ4n) is 0.910. The zero-order valence-electron chi connectivity index (χ0n) is 6.78. The van der Waals surface area contributed by atoms with E-state index in [1.54, 1.807) is 0 Å². The summed E-state index contributed by atoms with van der Waals surface area (Å²) in [6.07, 6.45) is 6.59. The summed E-state index contributed by atoms with van der Waals surface area (Å²) in [6.45, 7) is 3.00. The summed E-state index contributed by atoms with van der Waals surface area (Å²) in [6, 6.07) is 0. The first-order valence-electron chi connectivity index (χ1n) is 4.15. The molecule has 0 amide bonds. The fraction of sp³-hybridized carbons (Fsp3) is 1.00. The van der Waals surface area contributed by atoms with Crippen LogP contribution in [-0.4, -0.2) is 11.4 Å². The molecule has 1 unspecified atom stereocenters. The summed E-state index contributed by atoms with van der Waals surface area (Å²) in [4.78, 5) is 0.546. The van der Waals surface area contributed by atoms with E-state index >= 15 is 0 Å². The molecule has 0 aliphatic rings. The highest BCUT2D eigenvalue weighted by Crippen LogP contribution is 2.10. The van der Waals surface area contributed by atoms with Crippen LogP contribution in [0.25, 0.3) is 0 Å². The molecule has 0 saturated carbocycles. The number of rotatable bonds is 6. The second-order valence-electron chi connectivity index (χ2n) is 2.68. The topological polar surface area (TPSA) is 26.0 Å². The van der Waals surface area contributed by atoms with Crippen molar-refractivity contribution in [1.82, 2.24) is 0 Å². The molecule has 1 atom stereocenters. The van der Waals surface area contributed by atoms with Crippen LogP contribution in [0.3, 0.4) is 0 Å². The van der Waals surface area contributed by atoms with Crippen molar-refractivity contribution in [2.75, 3.05) is 6.54 Å². The van der Waals surface area contributed by atoms with Gasteiger partial charge in [-0.05, 0) is 6.42 Å². The van der Waals surface area contributed by atoms with E-state index in [2.05, 4.69) is 22.9 Å². The van der Waals surface area contributed by atoms with Crippen LogP contribution in [0.4, 0.5) is 0 Å². The Morgan fingerprint density at radius 3 is 2.50 bits per heavy atom. The average molecular weight is 208 g/mol. The third-order valence-corrected chi connectivity index (χ3v) is 2.46. The fourth-order valence-corrected chi connectivity index (χ4v) is 1.23. The van der Waals surface area contributed by atoms with Gasteiger partial charge in [0.25, 0.3) is 0 Å². The molecule has 10 heavy (non-hydrogen) atoms. The zero-order valence-corrected chi connectivity index (χ0v) is 8.36. The summed E-state index contributed by atoms with van der Waals surface area (Å²) < 4.78 is 0. The van der Waals surface area contributed by atoms with E-state index in [4.69, 9.17) is 5.73 Å². The van der Waals surface area contributed by atoms with Crippen LogP contribution in [0.15, 0.2) is 0 Å². The van der Waals surface area contributed by atoms with Crippen molar-refractivity contribution in [2.24, 2.45) is 5.73 Å². The summed E-state index contributed by atoms with van der Waals surface area (Å²) in [5, 5.41) is 0. The molecule has 1 nitrogen and oxygen atoms in total. The maximum absolute atomic E-state index is 5.44. The van der Waals surface area contributed by atoms with Gasteiger partial charge in [0.05, 0.1) is 0 Å². The Kier molecular flexibility index (Phi) is 7.88. The first kappa shape index (κ1) is 10.4. The Bertz CT molecular complexity index is 66.3. The van der Waals surface area contributed by atoms with Gasteiger partial charge in [0.15, 0.2) is 0 Å². The molecule has 0 fully saturated rings. The summed E-state index contributed by atoms with van der Waals surface area (Å²) >= 11 is 3.50. The molecular formula is C8H18BrN. The van der Waals surface area contributed by atoms with Crippen LogP contribution >= 0.6 is 15.9 Å². The molecule has 0 spiro atoms. The van der Waals surface area contributed by atoms with Gasteiger partial charge in [-0.1, -0.05) is 48.5 Å². The molecule has 0 rings (SSSR count). The molecule has 0 bridgehead atoms. The Balaban J connectivity index is 2.89. The van der Waals surface area contributed by atoms with Gasteiger partial charge >= 0.3 is 0 Å². The van der Waals surface area contributed by atoms with Gasteiger partial charge in [-0.3, -0.25) is 0 Å². The lowest BCUT2D eigenvalue weighted by Gasteiger charge is -2.04. The predicted octanol–water partition coefficient (Wildman–Crippen LogP) is 2.68. The van der Waals surface area contributed by atoms with E-state index in [0.29, 0.717) is 4.83 Å². The summed E-state index contributed by atoms with van der Waals surface area (Å²) in [5.41, 5.74) is 5.44. The number of alkyl halides is 1. The SMILES string of the molecule is CCCCCCC(Br)CN. The van der Waals surface area contributed by atoms with Crippen LogP contribution in [0, 0.1) is 0 Å². The minimum absolute atomic E-state index is 0.546. The highest BCUT2D eigenvalue weighted by atomic mass is 79.9. The number of nitrogens with two attached hydrogens (primary N) is 1. The van der Waals surface area contributed by atoms with Crippen LogP contribution in [-0.2, 0) is 0 Å². The lowest BCUT2D eigenvalue weighted by Crippen LogP contribution is -2.12. The third kappa shape index (κ3) is 6.56. The molecule has 0 aromatic carbocycles. The quantitative estimate of drug-likeness (QED) is 0.527. The Morgan fingerprint density at radius 2 is 2.00 bits per heavy atom. The highest BCUT2D eigenvalue weighted by Gasteiger charge is 1.98. The smallest absolute Gasteiger partial charge is 0.0268 e. The van der Waals surface area contributed by atoms with Crippen LogP contribution < -0.4 is 5.73 Å². The number of halogens is 1. The molecule has 0 aromatic heterocycles. The monoisotopic (exact) mass is 207 g/mol. The van der Waals surface area contributed by atoms with E-state index in [1.807, 2.05) is 0 Å². The Hall–Kier alpha value is 0.440. The van der Waals surface area contributed by atoms with Gasteiger partial charge in [-0.15, -0.1) is 0 Å². The maximum Gasteiger partial charge on any atom is 0.0268 e. The molecular weight excluding hydrogens is 190 g/mol. The van der Waals surface area contributed by atoms with Crippen LogP contribution in [0.1, 0.15) is 39.0 Å². The Morgan fingerprint density at radius 1 is 1.30 bits per heavy atom. The van der Waals surface area contributed by atoms with Crippen molar-refractivity contribution in [2.45, 2.75) is 43.9 Å². The molecule has 2 heteroatoms. The first-order chi connectivity index (χ1) is 4.81. The number of unbranched alkanes of at least 4 members (excludes halogenated alkanes) is 3. The van der Waals surface area contributed by atoms with Crippen LogP contribution in [0.2, 0.25) is 0 Å². The summed E-state index contributed by atoms with van der Waals surface area (Å²) in [5.74, 6) is 0. The van der Waals surface area contributed by atoms with Gasteiger partial charge in [-0.2, -0.15) is 0 Å². The minimum atomic E-state index is 0.546. The van der Waals surface area contributed by atoms with Crippen molar-refractivity contribution >= 4 is 15.9 Å². The molecule has 0 radical (unpaired) electrons. The Labute approximate surface area is 72.5 Å². The van der Waals surface area contributed by atoms with Crippen molar-refractivity contribution in [3.8, 4) is 0 Å². The van der Waals surface area contributed by atoms with Crippen LogP contribution in [0.5, 0.6) is 0 Å². The predicted molar refractivity (Wildman–Crippen MR) is 50.5 cm³/mol. The van der Waals surface area contributed by atoms with E-state index in [1.165, 1.54) is 32.1 Å². The van der Waals surface area contributed by atoms with Gasteiger partial charge in [0.1, 0.15) is 0 Å². The molecule has 2 N–H and O–H groups in total. The third-order valence-electron chi connectivity index (χ3n) is 1.63. The molecule has 62 valence electrons. The molecule has 0 aliphatic heterocycles. The largest absolute Gasteiger partial charge is 0.329 e. The van der Waals surface area contributed by atoms with E-state index in [-0.39, 0.29) is 0 Å². The van der Waals surface area contributed by atoms with Crippen molar-refractivity contribution in [3.05, 3.63) is 0 Å². The molecule has 0 heterocycles.